The van der Waals surface area contributed by atoms with Crippen LogP contribution < -0.4 is 20.4 Å². The van der Waals surface area contributed by atoms with Gasteiger partial charge in [0.2, 0.25) is 0 Å². The topological polar surface area (TPSA) is 92.2 Å². The van der Waals surface area contributed by atoms with Gasteiger partial charge in [-0.15, -0.1) is 26.4 Å². The van der Waals surface area contributed by atoms with Crippen molar-refractivity contribution in [3.63, 3.8) is 0 Å². The van der Waals surface area contributed by atoms with Crippen LogP contribution >= 0.6 is 0 Å². The van der Waals surface area contributed by atoms with Gasteiger partial charge >= 0.3 is 97.8 Å². The van der Waals surface area contributed by atoms with Crippen LogP contribution in [-0.4, -0.2) is 124 Å². The second-order valence-corrected chi connectivity index (χ2v) is 1.15. The molecule has 0 saturated heterocycles. The third kappa shape index (κ3) is 329. The zero-order valence-corrected chi connectivity index (χ0v) is 18.8. The zero-order chi connectivity index (χ0) is 10.8. The van der Waals surface area contributed by atoms with Crippen molar-refractivity contribution in [1.29, 1.82) is 0 Å². The molecule has 80 valence electrons. The molecule has 0 saturated carbocycles. The van der Waals surface area contributed by atoms with Crippen molar-refractivity contribution < 1.29 is 20.4 Å². The summed E-state index contributed by atoms with van der Waals surface area (Å²) in [4.78, 5) is 0. The fraction of sp³-hybridized carbons (Fsp3) is 1.00. The molecule has 0 aromatic rings. The Morgan fingerprint density at radius 3 is 0.500 bits per heavy atom. The summed E-state index contributed by atoms with van der Waals surface area (Å²) in [6, 6.07) is 0. The van der Waals surface area contributed by atoms with Crippen molar-refractivity contribution in [3.05, 3.63) is 0 Å². The quantitative estimate of drug-likeness (QED) is 0.359. The van der Waals surface area contributed by atoms with E-state index >= 15 is 0 Å². The van der Waals surface area contributed by atoms with Crippen LogP contribution in [0.2, 0.25) is 0 Å². The molecule has 14 heavy (non-hydrogen) atoms. The van der Waals surface area contributed by atoms with E-state index in [1.54, 1.807) is 27.7 Å². The summed E-state index contributed by atoms with van der Waals surface area (Å²) < 4.78 is 0. The molecule has 0 aromatic heterocycles. The first kappa shape index (κ1) is 36.0. The Hall–Kier alpha value is 2.98. The maximum absolute atomic E-state index is 8.93. The maximum atomic E-state index is 8.93. The monoisotopic (exact) mass is 456 g/mol. The molecule has 6 heteroatoms. The third-order valence-electron chi connectivity index (χ3n) is 0. The summed E-state index contributed by atoms with van der Waals surface area (Å²) >= 11 is 0. The fourth-order valence-corrected chi connectivity index (χ4v) is 0. The zero-order valence-electron chi connectivity index (χ0n) is 9.88. The Kier molecular flexibility index (Phi) is 189. The Morgan fingerprint density at radius 2 is 0.500 bits per heavy atom. The summed E-state index contributed by atoms with van der Waals surface area (Å²) in [5.41, 5.74) is 0. The Balaban J connectivity index is -0.0000000145. The molecular formula is C8H20Ba2O4. The fourth-order valence-electron chi connectivity index (χ4n) is 0. The van der Waals surface area contributed by atoms with Gasteiger partial charge in [-0.25, -0.2) is 0 Å². The molecule has 0 radical (unpaired) electrons. The summed E-state index contributed by atoms with van der Waals surface area (Å²) in [6.45, 7) is 6.28. The second-order valence-electron chi connectivity index (χ2n) is 1.15. The van der Waals surface area contributed by atoms with E-state index in [4.69, 9.17) is 20.4 Å². The van der Waals surface area contributed by atoms with Crippen molar-refractivity contribution in [1.82, 2.24) is 0 Å². The van der Waals surface area contributed by atoms with Gasteiger partial charge in [0.25, 0.3) is 0 Å². The first-order chi connectivity index (χ1) is 5.66. The normalized spacial score (nSPS) is 5.14. The summed E-state index contributed by atoms with van der Waals surface area (Å²) in [5.74, 6) is 0. The Morgan fingerprint density at radius 1 is 0.500 bits per heavy atom. The standard InChI is InChI=1S/4C2H5O.2Ba/c4*1-2-3;;/h4*2H2,1H3;;/q4*-1;2*+2. The van der Waals surface area contributed by atoms with Gasteiger partial charge in [-0.3, -0.25) is 0 Å². The average molecular weight is 455 g/mol. The van der Waals surface area contributed by atoms with E-state index in [0.717, 1.165) is 0 Å². The number of hydrogen-bond acceptors (Lipinski definition) is 4. The third-order valence-corrected chi connectivity index (χ3v) is 0. The van der Waals surface area contributed by atoms with Crippen LogP contribution in [0.1, 0.15) is 27.7 Å². The van der Waals surface area contributed by atoms with Gasteiger partial charge in [0.05, 0.1) is 0 Å². The van der Waals surface area contributed by atoms with E-state index in [-0.39, 0.29) is 124 Å². The van der Waals surface area contributed by atoms with Gasteiger partial charge in [0.1, 0.15) is 0 Å². The first-order valence-corrected chi connectivity index (χ1v) is 3.98. The van der Waals surface area contributed by atoms with E-state index in [1.165, 1.54) is 0 Å². The van der Waals surface area contributed by atoms with Crippen molar-refractivity contribution in [2.75, 3.05) is 26.4 Å². The van der Waals surface area contributed by atoms with E-state index < -0.39 is 0 Å². The van der Waals surface area contributed by atoms with Gasteiger partial charge in [0, 0.05) is 0 Å². The molecule has 0 aliphatic carbocycles. The molecule has 0 heterocycles. The summed E-state index contributed by atoms with van der Waals surface area (Å²) in [5, 5.41) is 35.7. The average Bonchev–Trinajstić information content (AvgIpc) is 1.92. The molecule has 0 bridgehead atoms. The van der Waals surface area contributed by atoms with Crippen LogP contribution in [0.15, 0.2) is 0 Å². The molecule has 0 unspecified atom stereocenters. The molecule has 0 fully saturated rings. The molecule has 0 N–H and O–H groups in total. The second kappa shape index (κ2) is 73.6. The molecular weight excluding hydrogens is 435 g/mol. The van der Waals surface area contributed by atoms with Crippen molar-refractivity contribution in [2.45, 2.75) is 27.7 Å². The first-order valence-electron chi connectivity index (χ1n) is 3.98. The van der Waals surface area contributed by atoms with Gasteiger partial charge in [0.15, 0.2) is 0 Å². The van der Waals surface area contributed by atoms with Crippen LogP contribution in [0, 0.1) is 0 Å². The predicted octanol–water partition coefficient (Wildman–Crippen LogP) is -3.30. The van der Waals surface area contributed by atoms with Gasteiger partial charge in [-0.1, -0.05) is 27.7 Å². The van der Waals surface area contributed by atoms with E-state index in [0.29, 0.717) is 0 Å². The SMILES string of the molecule is CC[O-].CC[O-].CC[O-].CC[O-].[Ba+2].[Ba+2]. The van der Waals surface area contributed by atoms with Crippen LogP contribution in [0.25, 0.3) is 0 Å². The largest absolute Gasteiger partial charge is 2.00 e. The van der Waals surface area contributed by atoms with Gasteiger partial charge in [-0.05, 0) is 0 Å². The minimum Gasteiger partial charge on any atom is -0.855 e. The van der Waals surface area contributed by atoms with Crippen LogP contribution in [0.4, 0.5) is 0 Å². The molecule has 0 amide bonds. The maximum Gasteiger partial charge on any atom is 2.00 e. The van der Waals surface area contributed by atoms with Crippen molar-refractivity contribution in [3.8, 4) is 0 Å². The number of hydrogen-bond donors (Lipinski definition) is 0. The molecule has 4 nitrogen and oxygen atoms in total. The van der Waals surface area contributed by atoms with Gasteiger partial charge < -0.3 is 20.4 Å². The van der Waals surface area contributed by atoms with Crippen molar-refractivity contribution >= 4 is 97.8 Å². The molecule has 0 aliphatic rings. The summed E-state index contributed by atoms with van der Waals surface area (Å²) in [6.07, 6.45) is 0. The summed E-state index contributed by atoms with van der Waals surface area (Å²) in [7, 11) is 0. The molecule has 0 atom stereocenters. The molecule has 0 aliphatic heterocycles. The van der Waals surface area contributed by atoms with Crippen LogP contribution in [0.3, 0.4) is 0 Å². The predicted molar refractivity (Wildman–Crippen MR) is 53.7 cm³/mol. The Bertz CT molecular complexity index is 27.3. The molecule has 0 aromatic carbocycles. The Labute approximate surface area is 169 Å². The minimum atomic E-state index is 0. The van der Waals surface area contributed by atoms with Crippen LogP contribution in [0.5, 0.6) is 0 Å². The molecule has 0 spiro atoms. The van der Waals surface area contributed by atoms with E-state index in [2.05, 4.69) is 0 Å². The molecule has 0 rings (SSSR count). The van der Waals surface area contributed by atoms with E-state index in [1.807, 2.05) is 0 Å². The van der Waals surface area contributed by atoms with Crippen molar-refractivity contribution in [2.24, 2.45) is 0 Å². The van der Waals surface area contributed by atoms with Crippen LogP contribution in [-0.2, 0) is 0 Å². The van der Waals surface area contributed by atoms with E-state index in [9.17, 15) is 0 Å². The smallest absolute Gasteiger partial charge is 0.855 e. The van der Waals surface area contributed by atoms with Gasteiger partial charge in [-0.2, -0.15) is 0 Å². The number of rotatable bonds is 0. The minimum absolute atomic E-state index is 0.